The van der Waals surface area contributed by atoms with Gasteiger partial charge >= 0.3 is 0 Å². The third-order valence-corrected chi connectivity index (χ3v) is 2.61. The summed E-state index contributed by atoms with van der Waals surface area (Å²) in [4.78, 5) is 13.5. The zero-order chi connectivity index (χ0) is 8.01. The highest BCUT2D eigenvalue weighted by Crippen LogP contribution is 2.26. The molecule has 11 heavy (non-hydrogen) atoms. The maximum atomic E-state index is 11.5. The monoisotopic (exact) mass is 154 g/mol. The maximum Gasteiger partial charge on any atom is 0.240 e. The minimum atomic E-state index is 0.141. The number of rotatable bonds is 1. The van der Waals surface area contributed by atoms with Gasteiger partial charge in [-0.3, -0.25) is 4.79 Å². The Morgan fingerprint density at radius 3 is 2.73 bits per heavy atom. The first-order valence-electron chi connectivity index (χ1n) is 4.25. The first-order valence-corrected chi connectivity index (χ1v) is 4.25. The Morgan fingerprint density at radius 2 is 2.36 bits per heavy atom. The molecule has 2 unspecified atom stereocenters. The van der Waals surface area contributed by atoms with Gasteiger partial charge in [-0.05, 0) is 20.3 Å². The van der Waals surface area contributed by atoms with E-state index in [4.69, 9.17) is 0 Å². The number of fused-ring (bicyclic) bond motifs is 2. The summed E-state index contributed by atoms with van der Waals surface area (Å²) in [5.41, 5.74) is 0. The van der Waals surface area contributed by atoms with Crippen LogP contribution in [0.2, 0.25) is 0 Å². The van der Waals surface area contributed by atoms with Crippen molar-refractivity contribution in [2.24, 2.45) is 0 Å². The van der Waals surface area contributed by atoms with Gasteiger partial charge in [-0.2, -0.15) is 0 Å². The number of carbonyl (C=O) groups is 1. The minimum Gasteiger partial charge on any atom is -0.335 e. The summed E-state index contributed by atoms with van der Waals surface area (Å²) in [6.07, 6.45) is 1.02. The minimum absolute atomic E-state index is 0.141. The molecule has 2 saturated heterocycles. The average Bonchev–Trinajstić information content (AvgIpc) is 2.44. The standard InChI is InChI=1S/C8H14N2O/c1-5(2)10-6-3-7(8(10)11)9-4-6/h5-7,9H,3-4H2,1-2H3. The lowest BCUT2D eigenvalue weighted by Crippen LogP contribution is -2.50. The van der Waals surface area contributed by atoms with Crippen LogP contribution in [0, 0.1) is 0 Å². The van der Waals surface area contributed by atoms with Gasteiger partial charge in [0.05, 0.1) is 6.04 Å². The zero-order valence-corrected chi connectivity index (χ0v) is 7.00. The highest BCUT2D eigenvalue weighted by atomic mass is 16.2. The second-order valence-corrected chi connectivity index (χ2v) is 3.69. The predicted molar refractivity (Wildman–Crippen MR) is 42.2 cm³/mol. The first-order chi connectivity index (χ1) is 5.20. The van der Waals surface area contributed by atoms with E-state index in [0.29, 0.717) is 18.0 Å². The Balaban J connectivity index is 2.18. The van der Waals surface area contributed by atoms with Crippen LogP contribution in [0.3, 0.4) is 0 Å². The number of nitrogens with one attached hydrogen (secondary N) is 1. The van der Waals surface area contributed by atoms with E-state index in [1.807, 2.05) is 4.90 Å². The Hall–Kier alpha value is -0.570. The van der Waals surface area contributed by atoms with Crippen molar-refractivity contribution in [3.8, 4) is 0 Å². The third-order valence-electron chi connectivity index (χ3n) is 2.61. The van der Waals surface area contributed by atoms with Crippen LogP contribution in [-0.2, 0) is 4.79 Å². The van der Waals surface area contributed by atoms with Crippen LogP contribution in [0.15, 0.2) is 0 Å². The molecule has 0 saturated carbocycles. The normalized spacial score (nSPS) is 35.9. The van der Waals surface area contributed by atoms with Gasteiger partial charge in [0, 0.05) is 18.6 Å². The molecule has 3 nitrogen and oxygen atoms in total. The highest BCUT2D eigenvalue weighted by Gasteiger charge is 2.45. The van der Waals surface area contributed by atoms with Crippen LogP contribution in [0.1, 0.15) is 20.3 Å². The van der Waals surface area contributed by atoms with E-state index in [2.05, 4.69) is 19.2 Å². The van der Waals surface area contributed by atoms with Gasteiger partial charge in [0.15, 0.2) is 0 Å². The molecule has 2 rings (SSSR count). The molecular formula is C8H14N2O. The van der Waals surface area contributed by atoms with Crippen molar-refractivity contribution < 1.29 is 4.79 Å². The molecular weight excluding hydrogens is 140 g/mol. The molecule has 2 heterocycles. The van der Waals surface area contributed by atoms with Crippen molar-refractivity contribution in [1.29, 1.82) is 0 Å². The van der Waals surface area contributed by atoms with E-state index < -0.39 is 0 Å². The van der Waals surface area contributed by atoms with Gasteiger partial charge in [0.2, 0.25) is 5.91 Å². The van der Waals surface area contributed by atoms with Gasteiger partial charge in [0.25, 0.3) is 0 Å². The molecule has 1 N–H and O–H groups in total. The van der Waals surface area contributed by atoms with E-state index in [0.717, 1.165) is 13.0 Å². The van der Waals surface area contributed by atoms with Crippen molar-refractivity contribution in [2.75, 3.05) is 6.54 Å². The van der Waals surface area contributed by atoms with Crippen LogP contribution in [0.25, 0.3) is 0 Å². The molecule has 0 aliphatic carbocycles. The van der Waals surface area contributed by atoms with E-state index >= 15 is 0 Å². The van der Waals surface area contributed by atoms with E-state index in [-0.39, 0.29) is 6.04 Å². The molecule has 62 valence electrons. The summed E-state index contributed by atoms with van der Waals surface area (Å²) in [6, 6.07) is 0.995. The van der Waals surface area contributed by atoms with Gasteiger partial charge < -0.3 is 10.2 Å². The predicted octanol–water partition coefficient (Wildman–Crippen LogP) is -0.0325. The number of carbonyl (C=O) groups excluding carboxylic acids is 1. The lowest BCUT2D eigenvalue weighted by Gasteiger charge is -2.30. The highest BCUT2D eigenvalue weighted by molar-refractivity contribution is 5.86. The number of likely N-dealkylation sites (tertiary alicyclic amines) is 1. The van der Waals surface area contributed by atoms with Gasteiger partial charge in [-0.15, -0.1) is 0 Å². The second kappa shape index (κ2) is 2.21. The maximum absolute atomic E-state index is 11.5. The molecule has 2 atom stereocenters. The summed E-state index contributed by atoms with van der Waals surface area (Å²) >= 11 is 0. The fraction of sp³-hybridized carbons (Fsp3) is 0.875. The van der Waals surface area contributed by atoms with Crippen molar-refractivity contribution in [2.45, 2.75) is 38.4 Å². The number of amides is 1. The summed E-state index contributed by atoms with van der Waals surface area (Å²) in [6.45, 7) is 5.16. The van der Waals surface area contributed by atoms with E-state index in [1.54, 1.807) is 0 Å². The quantitative estimate of drug-likeness (QED) is 0.575. The second-order valence-electron chi connectivity index (χ2n) is 3.69. The van der Waals surface area contributed by atoms with Gasteiger partial charge in [0.1, 0.15) is 0 Å². The summed E-state index contributed by atoms with van der Waals surface area (Å²) in [5, 5.41) is 3.20. The molecule has 0 aromatic heterocycles. The van der Waals surface area contributed by atoms with Crippen molar-refractivity contribution in [3.63, 3.8) is 0 Å². The number of nitrogens with zero attached hydrogens (tertiary/aromatic N) is 1. The number of hydrogen-bond acceptors (Lipinski definition) is 2. The molecule has 2 bridgehead atoms. The fourth-order valence-corrected chi connectivity index (χ4v) is 2.15. The molecule has 0 aromatic rings. The molecule has 0 spiro atoms. The summed E-state index contributed by atoms with van der Waals surface area (Å²) < 4.78 is 0. The number of hydrogen-bond donors (Lipinski definition) is 1. The molecule has 2 fully saturated rings. The van der Waals surface area contributed by atoms with Crippen molar-refractivity contribution in [3.05, 3.63) is 0 Å². The van der Waals surface area contributed by atoms with E-state index in [9.17, 15) is 4.79 Å². The Kier molecular flexibility index (Phi) is 1.42. The molecule has 2 aliphatic rings. The van der Waals surface area contributed by atoms with Gasteiger partial charge in [-0.1, -0.05) is 0 Å². The van der Waals surface area contributed by atoms with Crippen LogP contribution < -0.4 is 5.32 Å². The molecule has 0 radical (unpaired) electrons. The molecule has 1 amide bonds. The molecule has 3 heteroatoms. The topological polar surface area (TPSA) is 32.3 Å². The Labute approximate surface area is 66.8 Å². The smallest absolute Gasteiger partial charge is 0.240 e. The number of piperazine rings is 1. The largest absolute Gasteiger partial charge is 0.335 e. The van der Waals surface area contributed by atoms with Crippen molar-refractivity contribution >= 4 is 5.91 Å². The van der Waals surface area contributed by atoms with Crippen LogP contribution >= 0.6 is 0 Å². The van der Waals surface area contributed by atoms with Crippen LogP contribution in [-0.4, -0.2) is 35.5 Å². The summed E-state index contributed by atoms with van der Waals surface area (Å²) in [5.74, 6) is 0.302. The Bertz CT molecular complexity index is 191. The van der Waals surface area contributed by atoms with Crippen LogP contribution in [0.5, 0.6) is 0 Å². The lowest BCUT2D eigenvalue weighted by molar-refractivity contribution is -0.133. The third kappa shape index (κ3) is 0.872. The van der Waals surface area contributed by atoms with Crippen LogP contribution in [0.4, 0.5) is 0 Å². The SMILES string of the molecule is CC(C)N1C(=O)C2CC1CN2. The van der Waals surface area contributed by atoms with E-state index in [1.165, 1.54) is 0 Å². The first kappa shape index (κ1) is 7.10. The lowest BCUT2D eigenvalue weighted by atomic mass is 10.2. The van der Waals surface area contributed by atoms with Gasteiger partial charge in [-0.25, -0.2) is 0 Å². The average molecular weight is 154 g/mol. The zero-order valence-electron chi connectivity index (χ0n) is 7.00. The van der Waals surface area contributed by atoms with Crippen molar-refractivity contribution in [1.82, 2.24) is 10.2 Å². The molecule has 0 aromatic carbocycles. The molecule has 2 aliphatic heterocycles. The Morgan fingerprint density at radius 1 is 1.64 bits per heavy atom. The summed E-state index contributed by atoms with van der Waals surface area (Å²) in [7, 11) is 0. The fourth-order valence-electron chi connectivity index (χ4n) is 2.15.